The van der Waals surface area contributed by atoms with E-state index in [0.29, 0.717) is 11.1 Å². The molecule has 1 heterocycles. The van der Waals surface area contributed by atoms with Gasteiger partial charge in [-0.25, -0.2) is 4.39 Å². The van der Waals surface area contributed by atoms with Gasteiger partial charge in [-0.05, 0) is 62.2 Å². The second-order valence-electron chi connectivity index (χ2n) is 6.43. The number of hydrogen-bond donors (Lipinski definition) is 0. The number of amides is 1. The number of rotatable bonds is 2. The molecule has 1 aliphatic heterocycles. The van der Waals surface area contributed by atoms with Crippen LogP contribution in [-0.2, 0) is 4.79 Å². The molecular formula is C20H21FN2O. The number of fused-ring (bicyclic) bond motifs is 1. The summed E-state index contributed by atoms with van der Waals surface area (Å²) in [6.45, 7) is 5.94. The van der Waals surface area contributed by atoms with Crippen LogP contribution in [0.25, 0.3) is 5.57 Å². The average Bonchev–Trinajstić information content (AvgIpc) is 2.80. The molecule has 0 bridgehead atoms. The minimum absolute atomic E-state index is 0.120. The van der Waals surface area contributed by atoms with E-state index in [9.17, 15) is 9.18 Å². The molecule has 2 aromatic carbocycles. The fourth-order valence-electron chi connectivity index (χ4n) is 2.93. The summed E-state index contributed by atoms with van der Waals surface area (Å²) in [6.07, 6.45) is 0. The predicted octanol–water partition coefficient (Wildman–Crippen LogP) is 4.41. The van der Waals surface area contributed by atoms with Gasteiger partial charge in [-0.3, -0.25) is 9.69 Å². The summed E-state index contributed by atoms with van der Waals surface area (Å²) in [5, 5.41) is 0. The van der Waals surface area contributed by atoms with Gasteiger partial charge >= 0.3 is 0 Å². The zero-order chi connectivity index (χ0) is 17.6. The molecule has 124 valence electrons. The predicted molar refractivity (Wildman–Crippen MR) is 95.7 cm³/mol. The van der Waals surface area contributed by atoms with Gasteiger partial charge < -0.3 is 4.90 Å². The van der Waals surface area contributed by atoms with Crippen molar-refractivity contribution in [2.24, 2.45) is 0 Å². The lowest BCUT2D eigenvalue weighted by Crippen LogP contribution is -2.22. The van der Waals surface area contributed by atoms with Crippen molar-refractivity contribution < 1.29 is 9.18 Å². The maximum atomic E-state index is 13.8. The molecular weight excluding hydrogens is 303 g/mol. The molecule has 4 heteroatoms. The van der Waals surface area contributed by atoms with E-state index in [4.69, 9.17) is 0 Å². The quantitative estimate of drug-likeness (QED) is 0.764. The highest BCUT2D eigenvalue weighted by atomic mass is 19.1. The molecule has 0 saturated carbocycles. The van der Waals surface area contributed by atoms with Gasteiger partial charge in [0.15, 0.2) is 0 Å². The van der Waals surface area contributed by atoms with Crippen LogP contribution in [0.4, 0.5) is 15.8 Å². The number of aryl methyl sites for hydroxylation is 2. The molecule has 0 aliphatic carbocycles. The molecule has 0 atom stereocenters. The number of carbonyl (C=O) groups excluding carboxylic acids is 1. The zero-order valence-corrected chi connectivity index (χ0v) is 14.6. The van der Waals surface area contributed by atoms with Crippen molar-refractivity contribution in [3.8, 4) is 0 Å². The van der Waals surface area contributed by atoms with Crippen molar-refractivity contribution in [2.75, 3.05) is 19.0 Å². The Morgan fingerprint density at radius 2 is 1.75 bits per heavy atom. The fourth-order valence-corrected chi connectivity index (χ4v) is 2.93. The summed E-state index contributed by atoms with van der Waals surface area (Å²) >= 11 is 0. The highest BCUT2D eigenvalue weighted by molar-refractivity contribution is 6.35. The van der Waals surface area contributed by atoms with E-state index in [1.165, 1.54) is 17.7 Å². The van der Waals surface area contributed by atoms with E-state index in [0.717, 1.165) is 22.6 Å². The number of halogens is 1. The third kappa shape index (κ3) is 2.48. The van der Waals surface area contributed by atoms with Crippen molar-refractivity contribution in [1.29, 1.82) is 0 Å². The third-order valence-electron chi connectivity index (χ3n) is 4.67. The van der Waals surface area contributed by atoms with Crippen LogP contribution < -0.4 is 4.90 Å². The van der Waals surface area contributed by atoms with Crippen LogP contribution >= 0.6 is 0 Å². The molecule has 1 amide bonds. The van der Waals surface area contributed by atoms with Gasteiger partial charge in [0, 0.05) is 31.0 Å². The van der Waals surface area contributed by atoms with E-state index < -0.39 is 0 Å². The van der Waals surface area contributed by atoms with Gasteiger partial charge in [0.1, 0.15) is 5.82 Å². The molecule has 0 unspecified atom stereocenters. The molecule has 3 rings (SSSR count). The number of hydrogen-bond acceptors (Lipinski definition) is 2. The normalized spacial score (nSPS) is 15.6. The van der Waals surface area contributed by atoms with Crippen molar-refractivity contribution in [2.45, 2.75) is 20.8 Å². The van der Waals surface area contributed by atoms with Crippen LogP contribution in [0.15, 0.2) is 42.1 Å². The number of anilines is 2. The first-order valence-corrected chi connectivity index (χ1v) is 7.91. The molecule has 1 aliphatic rings. The maximum absolute atomic E-state index is 13.8. The van der Waals surface area contributed by atoms with Crippen molar-refractivity contribution in [3.63, 3.8) is 0 Å². The summed E-state index contributed by atoms with van der Waals surface area (Å²) in [5.74, 6) is -0.461. The molecule has 0 N–H and O–H groups in total. The standard InChI is InChI=1S/C20H21FN2O/c1-12-6-8-16(10-13(12)2)23-18-9-7-15(21)11-17(18)19(20(23)24)14(3)22(4)5/h6-11H,1-5H3/b19-14-. The molecule has 3 nitrogen and oxygen atoms in total. The Hall–Kier alpha value is -2.62. The van der Waals surface area contributed by atoms with E-state index in [-0.39, 0.29) is 11.7 Å². The molecule has 0 spiro atoms. The van der Waals surface area contributed by atoms with Gasteiger partial charge in [0.05, 0.1) is 11.3 Å². The van der Waals surface area contributed by atoms with Crippen LogP contribution in [0, 0.1) is 19.7 Å². The number of carbonyl (C=O) groups is 1. The first kappa shape index (κ1) is 16.2. The van der Waals surface area contributed by atoms with Gasteiger partial charge in [0.25, 0.3) is 5.91 Å². The largest absolute Gasteiger partial charge is 0.381 e. The second-order valence-corrected chi connectivity index (χ2v) is 6.43. The Morgan fingerprint density at radius 3 is 2.38 bits per heavy atom. The minimum atomic E-state index is -0.340. The molecule has 24 heavy (non-hydrogen) atoms. The van der Waals surface area contributed by atoms with Crippen LogP contribution in [-0.4, -0.2) is 24.9 Å². The average molecular weight is 324 g/mol. The Bertz CT molecular complexity index is 868. The van der Waals surface area contributed by atoms with E-state index in [2.05, 4.69) is 0 Å². The van der Waals surface area contributed by atoms with Crippen LogP contribution in [0.5, 0.6) is 0 Å². The van der Waals surface area contributed by atoms with Gasteiger partial charge in [0.2, 0.25) is 0 Å². The summed E-state index contributed by atoms with van der Waals surface area (Å²) in [5.41, 5.74) is 5.82. The maximum Gasteiger partial charge on any atom is 0.265 e. The first-order chi connectivity index (χ1) is 11.3. The Labute approximate surface area is 142 Å². The van der Waals surface area contributed by atoms with Crippen molar-refractivity contribution >= 4 is 22.9 Å². The first-order valence-electron chi connectivity index (χ1n) is 7.91. The topological polar surface area (TPSA) is 23.6 Å². The lowest BCUT2D eigenvalue weighted by molar-refractivity contribution is -0.112. The summed E-state index contributed by atoms with van der Waals surface area (Å²) in [7, 11) is 3.76. The summed E-state index contributed by atoms with van der Waals surface area (Å²) < 4.78 is 13.8. The molecule has 0 aromatic heterocycles. The van der Waals surface area contributed by atoms with Gasteiger partial charge in [-0.15, -0.1) is 0 Å². The van der Waals surface area contributed by atoms with E-state index in [1.54, 1.807) is 11.0 Å². The van der Waals surface area contributed by atoms with Gasteiger partial charge in [-0.1, -0.05) is 6.07 Å². The molecule has 0 radical (unpaired) electrons. The van der Waals surface area contributed by atoms with Crippen molar-refractivity contribution in [3.05, 3.63) is 64.6 Å². The fraction of sp³-hybridized carbons (Fsp3) is 0.250. The Kier molecular flexibility index (Phi) is 3.91. The molecule has 0 fully saturated rings. The van der Waals surface area contributed by atoms with Gasteiger partial charge in [-0.2, -0.15) is 0 Å². The number of allylic oxidation sites excluding steroid dienone is 1. The van der Waals surface area contributed by atoms with Crippen LogP contribution in [0.1, 0.15) is 23.6 Å². The third-order valence-corrected chi connectivity index (χ3v) is 4.67. The summed E-state index contributed by atoms with van der Waals surface area (Å²) in [4.78, 5) is 16.7. The van der Waals surface area contributed by atoms with Crippen LogP contribution in [0.3, 0.4) is 0 Å². The van der Waals surface area contributed by atoms with E-state index in [1.807, 2.05) is 58.0 Å². The lowest BCUT2D eigenvalue weighted by atomic mass is 10.1. The SMILES string of the molecule is C/C(=C1/C(=O)N(c2ccc(C)c(C)c2)c2ccc(F)cc21)N(C)C. The lowest BCUT2D eigenvalue weighted by Gasteiger charge is -2.19. The molecule has 2 aromatic rings. The molecule has 0 saturated heterocycles. The number of nitrogens with zero attached hydrogens (tertiary/aromatic N) is 2. The highest BCUT2D eigenvalue weighted by Crippen LogP contribution is 2.43. The Balaban J connectivity index is 2.25. The summed E-state index contributed by atoms with van der Waals surface area (Å²) in [6, 6.07) is 10.4. The van der Waals surface area contributed by atoms with Crippen molar-refractivity contribution in [1.82, 2.24) is 4.90 Å². The van der Waals surface area contributed by atoms with E-state index >= 15 is 0 Å². The minimum Gasteiger partial charge on any atom is -0.381 e. The smallest absolute Gasteiger partial charge is 0.265 e. The zero-order valence-electron chi connectivity index (χ0n) is 14.6. The second kappa shape index (κ2) is 5.78. The number of benzene rings is 2. The monoisotopic (exact) mass is 324 g/mol. The van der Waals surface area contributed by atoms with Crippen LogP contribution in [0.2, 0.25) is 0 Å². The highest BCUT2D eigenvalue weighted by Gasteiger charge is 2.35. The Morgan fingerprint density at radius 1 is 1.04 bits per heavy atom.